The molecule has 1 N–H and O–H groups in total. The maximum Gasteiger partial charge on any atom is 0.147 e. The number of likely N-dealkylation sites (N-methyl/N-ethyl adjacent to an activating group) is 1. The largest absolute Gasteiger partial charge is 0.383 e. The third kappa shape index (κ3) is 4.97. The number of pyridine rings is 1. The number of aromatic nitrogens is 1. The Kier molecular flexibility index (Phi) is 6.55. The van der Waals surface area contributed by atoms with Gasteiger partial charge in [-0.05, 0) is 18.6 Å². The molecule has 0 radical (unpaired) electrons. The minimum Gasteiger partial charge on any atom is -0.383 e. The maximum absolute atomic E-state index is 6.31. The van der Waals surface area contributed by atoms with Crippen LogP contribution in [0.4, 0.5) is 5.82 Å². The van der Waals surface area contributed by atoms with Crippen LogP contribution < -0.4 is 10.2 Å². The van der Waals surface area contributed by atoms with Gasteiger partial charge in [0.05, 0.1) is 17.7 Å². The molecule has 5 heteroatoms. The normalized spacial score (nSPS) is 12.8. The Morgan fingerprint density at radius 1 is 1.42 bits per heavy atom. The summed E-state index contributed by atoms with van der Waals surface area (Å²) in [6, 6.07) is 2.65. The van der Waals surface area contributed by atoms with Crippen LogP contribution in [0.1, 0.15) is 26.3 Å². The lowest BCUT2D eigenvalue weighted by Crippen LogP contribution is -2.33. The van der Waals surface area contributed by atoms with Gasteiger partial charge < -0.3 is 15.0 Å². The van der Waals surface area contributed by atoms with Crippen LogP contribution in [0.3, 0.4) is 0 Å². The number of halogens is 1. The predicted octanol–water partition coefficient (Wildman–Crippen LogP) is 2.70. The molecule has 0 aromatic carbocycles. The van der Waals surface area contributed by atoms with Gasteiger partial charge in [0, 0.05) is 32.9 Å². The first kappa shape index (κ1) is 16.2. The molecule has 0 amide bonds. The van der Waals surface area contributed by atoms with E-state index in [9.17, 15) is 0 Å². The third-order valence-corrected chi connectivity index (χ3v) is 3.27. The topological polar surface area (TPSA) is 37.4 Å². The zero-order valence-corrected chi connectivity index (χ0v) is 13.2. The molecule has 0 aliphatic heterocycles. The fraction of sp³-hybridized carbons (Fsp3) is 0.643. The molecule has 0 bridgehead atoms. The van der Waals surface area contributed by atoms with Gasteiger partial charge in [0.2, 0.25) is 0 Å². The highest BCUT2D eigenvalue weighted by atomic mass is 35.5. The summed E-state index contributed by atoms with van der Waals surface area (Å²) in [5.74, 6) is 0.791. The molecule has 4 nitrogen and oxygen atoms in total. The number of hydrogen-bond donors (Lipinski definition) is 1. The van der Waals surface area contributed by atoms with Gasteiger partial charge in [-0.15, -0.1) is 0 Å². The molecule has 19 heavy (non-hydrogen) atoms. The molecule has 1 heterocycles. The Hall–Kier alpha value is -0.840. The number of rotatable bonds is 7. The fourth-order valence-corrected chi connectivity index (χ4v) is 2.03. The van der Waals surface area contributed by atoms with E-state index in [1.165, 1.54) is 0 Å². The summed E-state index contributed by atoms with van der Waals surface area (Å²) >= 11 is 6.31. The Bertz CT molecular complexity index is 398. The van der Waals surface area contributed by atoms with Crippen molar-refractivity contribution in [3.8, 4) is 0 Å². The van der Waals surface area contributed by atoms with Crippen molar-refractivity contribution in [2.75, 3.05) is 25.7 Å². The molecule has 0 fully saturated rings. The van der Waals surface area contributed by atoms with Crippen molar-refractivity contribution in [1.29, 1.82) is 0 Å². The molecule has 0 aliphatic rings. The lowest BCUT2D eigenvalue weighted by atomic mass is 10.2. The molecule has 1 aromatic rings. The van der Waals surface area contributed by atoms with Gasteiger partial charge in [-0.3, -0.25) is 0 Å². The first-order valence-corrected chi connectivity index (χ1v) is 6.93. The van der Waals surface area contributed by atoms with Gasteiger partial charge in [0.25, 0.3) is 0 Å². The number of methoxy groups -OCH3 is 1. The van der Waals surface area contributed by atoms with Crippen LogP contribution in [0.5, 0.6) is 0 Å². The molecule has 1 rings (SSSR count). The zero-order valence-electron chi connectivity index (χ0n) is 12.4. The van der Waals surface area contributed by atoms with E-state index < -0.39 is 0 Å². The number of anilines is 1. The van der Waals surface area contributed by atoms with Gasteiger partial charge >= 0.3 is 0 Å². The molecule has 1 atom stereocenters. The minimum absolute atomic E-state index is 0.231. The second kappa shape index (κ2) is 7.68. The molecule has 1 unspecified atom stereocenters. The van der Waals surface area contributed by atoms with E-state index >= 15 is 0 Å². The van der Waals surface area contributed by atoms with Crippen LogP contribution in [0.15, 0.2) is 12.3 Å². The smallest absolute Gasteiger partial charge is 0.147 e. The van der Waals surface area contributed by atoms with Crippen molar-refractivity contribution >= 4 is 17.4 Å². The highest BCUT2D eigenvalue weighted by Crippen LogP contribution is 2.24. The van der Waals surface area contributed by atoms with E-state index in [1.54, 1.807) is 7.11 Å². The van der Waals surface area contributed by atoms with Crippen molar-refractivity contribution in [2.24, 2.45) is 0 Å². The second-order valence-corrected chi connectivity index (χ2v) is 5.51. The third-order valence-electron chi connectivity index (χ3n) is 3.00. The van der Waals surface area contributed by atoms with Gasteiger partial charge in [-0.25, -0.2) is 4.98 Å². The summed E-state index contributed by atoms with van der Waals surface area (Å²) in [7, 11) is 3.67. The predicted molar refractivity (Wildman–Crippen MR) is 81.0 cm³/mol. The van der Waals surface area contributed by atoms with Crippen LogP contribution in [-0.2, 0) is 11.3 Å². The van der Waals surface area contributed by atoms with Gasteiger partial charge in [0.15, 0.2) is 0 Å². The van der Waals surface area contributed by atoms with E-state index in [-0.39, 0.29) is 6.04 Å². The summed E-state index contributed by atoms with van der Waals surface area (Å²) < 4.78 is 5.15. The Morgan fingerprint density at radius 2 is 2.11 bits per heavy atom. The van der Waals surface area contributed by atoms with Crippen LogP contribution in [0.25, 0.3) is 0 Å². The van der Waals surface area contributed by atoms with Gasteiger partial charge in [-0.2, -0.15) is 0 Å². The SMILES string of the molecule is COCC(C)N(C)c1ncc(CNC(C)C)cc1Cl. The van der Waals surface area contributed by atoms with Crippen molar-refractivity contribution in [3.05, 3.63) is 22.8 Å². The van der Waals surface area contributed by atoms with Crippen molar-refractivity contribution in [3.63, 3.8) is 0 Å². The van der Waals surface area contributed by atoms with E-state index in [0.717, 1.165) is 17.9 Å². The Morgan fingerprint density at radius 3 is 2.63 bits per heavy atom. The molecular weight excluding hydrogens is 262 g/mol. The number of ether oxygens (including phenoxy) is 1. The van der Waals surface area contributed by atoms with E-state index in [0.29, 0.717) is 17.7 Å². The molecule has 1 aromatic heterocycles. The first-order valence-electron chi connectivity index (χ1n) is 6.55. The summed E-state index contributed by atoms with van der Waals surface area (Å²) in [5, 5.41) is 4.02. The molecule has 0 saturated carbocycles. The summed E-state index contributed by atoms with van der Waals surface area (Å²) in [6.45, 7) is 7.73. The molecule has 0 aliphatic carbocycles. The van der Waals surface area contributed by atoms with E-state index in [4.69, 9.17) is 16.3 Å². The Labute approximate surface area is 121 Å². The second-order valence-electron chi connectivity index (χ2n) is 5.10. The Balaban J connectivity index is 2.76. The number of hydrogen-bond acceptors (Lipinski definition) is 4. The van der Waals surface area contributed by atoms with E-state index in [1.807, 2.05) is 24.2 Å². The minimum atomic E-state index is 0.231. The van der Waals surface area contributed by atoms with Crippen LogP contribution in [0, 0.1) is 0 Å². The van der Waals surface area contributed by atoms with Crippen molar-refractivity contribution < 1.29 is 4.74 Å². The molecular formula is C14H24ClN3O. The van der Waals surface area contributed by atoms with Crippen molar-refractivity contribution in [2.45, 2.75) is 39.4 Å². The summed E-state index contributed by atoms with van der Waals surface area (Å²) in [5.41, 5.74) is 1.09. The van der Waals surface area contributed by atoms with Gasteiger partial charge in [-0.1, -0.05) is 25.4 Å². The highest BCUT2D eigenvalue weighted by molar-refractivity contribution is 6.33. The lowest BCUT2D eigenvalue weighted by molar-refractivity contribution is 0.183. The fourth-order valence-electron chi connectivity index (χ4n) is 1.71. The van der Waals surface area contributed by atoms with Crippen molar-refractivity contribution in [1.82, 2.24) is 10.3 Å². The summed E-state index contributed by atoms with van der Waals surface area (Å²) in [4.78, 5) is 6.49. The summed E-state index contributed by atoms with van der Waals surface area (Å²) in [6.07, 6.45) is 1.87. The standard InChI is InChI=1S/C14H24ClN3O/c1-10(2)16-7-12-6-13(15)14(17-8-12)18(4)11(3)9-19-5/h6,8,10-11,16H,7,9H2,1-5H3. The first-order chi connectivity index (χ1) is 8.95. The van der Waals surface area contributed by atoms with Crippen LogP contribution in [-0.4, -0.2) is 37.8 Å². The lowest BCUT2D eigenvalue weighted by Gasteiger charge is -2.26. The molecule has 0 saturated heterocycles. The maximum atomic E-state index is 6.31. The molecule has 0 spiro atoms. The quantitative estimate of drug-likeness (QED) is 0.836. The van der Waals surface area contributed by atoms with E-state index in [2.05, 4.69) is 31.1 Å². The van der Waals surface area contributed by atoms with Crippen LogP contribution >= 0.6 is 11.6 Å². The molecule has 108 valence electrons. The monoisotopic (exact) mass is 285 g/mol. The average Bonchev–Trinajstić information content (AvgIpc) is 2.36. The zero-order chi connectivity index (χ0) is 14.4. The number of nitrogens with one attached hydrogen (secondary N) is 1. The number of nitrogens with zero attached hydrogens (tertiary/aromatic N) is 2. The average molecular weight is 286 g/mol. The van der Waals surface area contributed by atoms with Crippen LogP contribution in [0.2, 0.25) is 5.02 Å². The van der Waals surface area contributed by atoms with Gasteiger partial charge in [0.1, 0.15) is 5.82 Å². The highest BCUT2D eigenvalue weighted by Gasteiger charge is 2.14.